The lowest BCUT2D eigenvalue weighted by Crippen LogP contribution is -2.47. The molecule has 3 rings (SSSR count). The van der Waals surface area contributed by atoms with Crippen molar-refractivity contribution in [1.82, 2.24) is 15.0 Å². The molecule has 3 heterocycles. The summed E-state index contributed by atoms with van der Waals surface area (Å²) in [7, 11) is 0. The number of hydrogen-bond acceptors (Lipinski definition) is 6. The summed E-state index contributed by atoms with van der Waals surface area (Å²) in [6, 6.07) is 6.43. The summed E-state index contributed by atoms with van der Waals surface area (Å²) >= 11 is 0. The van der Waals surface area contributed by atoms with Crippen molar-refractivity contribution in [2.24, 2.45) is 0 Å². The number of piperazine rings is 1. The Morgan fingerprint density at radius 3 is 2.42 bits per heavy atom. The zero-order chi connectivity index (χ0) is 17.2. The van der Waals surface area contributed by atoms with Crippen LogP contribution < -0.4 is 9.80 Å². The van der Waals surface area contributed by atoms with Gasteiger partial charge in [0.15, 0.2) is 0 Å². The Balaban J connectivity index is 1.73. The Labute approximate surface area is 136 Å². The molecular weight excluding hydrogens is 321 g/mol. The minimum Gasteiger partial charge on any atom is -0.353 e. The zero-order valence-electron chi connectivity index (χ0n) is 12.5. The summed E-state index contributed by atoms with van der Waals surface area (Å²) in [5, 5.41) is 9.14. The van der Waals surface area contributed by atoms with Crippen LogP contribution in [0, 0.1) is 11.3 Å². The van der Waals surface area contributed by atoms with Crippen LogP contribution >= 0.6 is 0 Å². The van der Waals surface area contributed by atoms with E-state index in [1.807, 2.05) is 4.90 Å². The van der Waals surface area contributed by atoms with E-state index in [-0.39, 0.29) is 5.82 Å². The second kappa shape index (κ2) is 6.31. The molecule has 9 heteroatoms. The summed E-state index contributed by atoms with van der Waals surface area (Å²) in [4.78, 5) is 15.1. The van der Waals surface area contributed by atoms with Crippen LogP contribution in [0.25, 0.3) is 0 Å². The molecule has 2 aromatic heterocycles. The Morgan fingerprint density at radius 2 is 1.75 bits per heavy atom. The first-order valence-electron chi connectivity index (χ1n) is 7.23. The van der Waals surface area contributed by atoms with Gasteiger partial charge in [-0.05, 0) is 12.1 Å². The SMILES string of the molecule is N#Cc1cccnc1N1CCN(c2cc(C(F)(F)F)ncn2)CC1. The van der Waals surface area contributed by atoms with Crippen molar-refractivity contribution >= 4 is 11.6 Å². The van der Waals surface area contributed by atoms with E-state index in [1.54, 1.807) is 23.2 Å². The molecule has 1 aliphatic heterocycles. The van der Waals surface area contributed by atoms with Gasteiger partial charge in [0.2, 0.25) is 0 Å². The van der Waals surface area contributed by atoms with Crippen LogP contribution in [0.1, 0.15) is 11.3 Å². The number of pyridine rings is 1. The Kier molecular flexibility index (Phi) is 4.20. The van der Waals surface area contributed by atoms with E-state index in [4.69, 9.17) is 5.26 Å². The molecule has 24 heavy (non-hydrogen) atoms. The summed E-state index contributed by atoms with van der Waals surface area (Å²) in [6.45, 7) is 2.04. The van der Waals surface area contributed by atoms with Gasteiger partial charge in [-0.3, -0.25) is 0 Å². The second-order valence-electron chi connectivity index (χ2n) is 5.22. The van der Waals surface area contributed by atoms with E-state index in [0.717, 1.165) is 12.4 Å². The van der Waals surface area contributed by atoms with E-state index in [2.05, 4.69) is 21.0 Å². The van der Waals surface area contributed by atoms with Crippen LogP contribution in [0.15, 0.2) is 30.7 Å². The molecule has 0 amide bonds. The normalized spacial score (nSPS) is 15.2. The van der Waals surface area contributed by atoms with Crippen molar-refractivity contribution < 1.29 is 13.2 Å². The number of aromatic nitrogens is 3. The predicted octanol–water partition coefficient (Wildman–Crippen LogP) is 2.09. The van der Waals surface area contributed by atoms with Gasteiger partial charge >= 0.3 is 6.18 Å². The van der Waals surface area contributed by atoms with Gasteiger partial charge in [-0.1, -0.05) is 0 Å². The largest absolute Gasteiger partial charge is 0.433 e. The zero-order valence-corrected chi connectivity index (χ0v) is 12.5. The molecule has 0 N–H and O–H groups in total. The molecule has 0 unspecified atom stereocenters. The van der Waals surface area contributed by atoms with Crippen LogP contribution in [-0.4, -0.2) is 41.1 Å². The van der Waals surface area contributed by atoms with Crippen molar-refractivity contribution in [2.45, 2.75) is 6.18 Å². The van der Waals surface area contributed by atoms with Crippen LogP contribution in [0.2, 0.25) is 0 Å². The van der Waals surface area contributed by atoms with Crippen LogP contribution in [0.4, 0.5) is 24.8 Å². The molecule has 1 aliphatic rings. The first kappa shape index (κ1) is 16.0. The lowest BCUT2D eigenvalue weighted by molar-refractivity contribution is -0.141. The minimum atomic E-state index is -4.49. The topological polar surface area (TPSA) is 68.9 Å². The molecule has 1 fully saturated rings. The molecule has 124 valence electrons. The predicted molar refractivity (Wildman–Crippen MR) is 80.4 cm³/mol. The van der Waals surface area contributed by atoms with Gasteiger partial charge < -0.3 is 9.80 Å². The summed E-state index contributed by atoms with van der Waals surface area (Å²) < 4.78 is 38.2. The number of hydrogen-bond donors (Lipinski definition) is 0. The molecule has 0 saturated carbocycles. The molecule has 1 saturated heterocycles. The van der Waals surface area contributed by atoms with Crippen molar-refractivity contribution in [2.75, 3.05) is 36.0 Å². The fourth-order valence-corrected chi connectivity index (χ4v) is 2.56. The fraction of sp³-hybridized carbons (Fsp3) is 0.333. The highest BCUT2D eigenvalue weighted by Gasteiger charge is 2.33. The molecule has 6 nitrogen and oxygen atoms in total. The maximum atomic E-state index is 12.7. The first-order valence-corrected chi connectivity index (χ1v) is 7.23. The number of rotatable bonds is 2. The van der Waals surface area contributed by atoms with Gasteiger partial charge in [0, 0.05) is 38.4 Å². The lowest BCUT2D eigenvalue weighted by atomic mass is 10.2. The van der Waals surface area contributed by atoms with Crippen molar-refractivity contribution in [3.63, 3.8) is 0 Å². The highest BCUT2D eigenvalue weighted by molar-refractivity contribution is 5.55. The first-order chi connectivity index (χ1) is 11.5. The molecular formula is C15H13F3N6. The van der Waals surface area contributed by atoms with Crippen LogP contribution in [0.3, 0.4) is 0 Å². The van der Waals surface area contributed by atoms with E-state index in [1.165, 1.54) is 0 Å². The number of alkyl halides is 3. The summed E-state index contributed by atoms with van der Waals surface area (Å²) in [5.41, 5.74) is -0.473. The van der Waals surface area contributed by atoms with Crippen molar-refractivity contribution in [3.8, 4) is 6.07 Å². The Bertz CT molecular complexity index is 762. The highest BCUT2D eigenvalue weighted by atomic mass is 19.4. The molecule has 0 aliphatic carbocycles. The fourth-order valence-electron chi connectivity index (χ4n) is 2.56. The average Bonchev–Trinajstić information content (AvgIpc) is 2.61. The maximum absolute atomic E-state index is 12.7. The number of halogens is 3. The summed E-state index contributed by atoms with van der Waals surface area (Å²) in [5.74, 6) is 0.844. The molecule has 0 atom stereocenters. The smallest absolute Gasteiger partial charge is 0.353 e. The van der Waals surface area contributed by atoms with Crippen LogP contribution in [-0.2, 0) is 6.18 Å². The minimum absolute atomic E-state index is 0.249. The molecule has 0 radical (unpaired) electrons. The van der Waals surface area contributed by atoms with Gasteiger partial charge in [0.05, 0.1) is 5.56 Å². The van der Waals surface area contributed by atoms with Crippen LogP contribution in [0.5, 0.6) is 0 Å². The van der Waals surface area contributed by atoms with E-state index >= 15 is 0 Å². The molecule has 0 bridgehead atoms. The van der Waals surface area contributed by atoms with E-state index in [9.17, 15) is 13.2 Å². The third-order valence-electron chi connectivity index (χ3n) is 3.75. The summed E-state index contributed by atoms with van der Waals surface area (Å²) in [6.07, 6.45) is -1.95. The molecule has 0 spiro atoms. The third kappa shape index (κ3) is 3.22. The number of anilines is 2. The number of nitrogens with zero attached hydrogens (tertiary/aromatic N) is 6. The molecule has 0 aromatic carbocycles. The van der Waals surface area contributed by atoms with E-state index < -0.39 is 11.9 Å². The van der Waals surface area contributed by atoms with Gasteiger partial charge in [0.1, 0.15) is 29.7 Å². The monoisotopic (exact) mass is 334 g/mol. The quantitative estimate of drug-likeness (QED) is 0.838. The van der Waals surface area contributed by atoms with Gasteiger partial charge in [-0.25, -0.2) is 15.0 Å². The third-order valence-corrected chi connectivity index (χ3v) is 3.75. The second-order valence-corrected chi connectivity index (χ2v) is 5.22. The standard InChI is InChI=1S/C15H13F3N6/c16-15(17,18)12-8-13(22-10-21-12)23-4-6-24(7-5-23)14-11(9-19)2-1-3-20-14/h1-3,8,10H,4-7H2. The molecule has 2 aromatic rings. The lowest BCUT2D eigenvalue weighted by Gasteiger charge is -2.36. The van der Waals surface area contributed by atoms with Crippen molar-refractivity contribution in [3.05, 3.63) is 42.0 Å². The number of nitriles is 1. The van der Waals surface area contributed by atoms with Crippen molar-refractivity contribution in [1.29, 1.82) is 5.26 Å². The van der Waals surface area contributed by atoms with Gasteiger partial charge in [-0.15, -0.1) is 0 Å². The van der Waals surface area contributed by atoms with E-state index in [0.29, 0.717) is 37.6 Å². The van der Waals surface area contributed by atoms with Gasteiger partial charge in [-0.2, -0.15) is 18.4 Å². The highest BCUT2D eigenvalue weighted by Crippen LogP contribution is 2.29. The average molecular weight is 334 g/mol. The maximum Gasteiger partial charge on any atom is 0.433 e. The Hall–Kier alpha value is -2.89. The van der Waals surface area contributed by atoms with Gasteiger partial charge in [0.25, 0.3) is 0 Å². The Morgan fingerprint density at radius 1 is 1.04 bits per heavy atom.